The Bertz CT molecular complexity index is 142. The van der Waals surface area contributed by atoms with Gasteiger partial charge in [-0.1, -0.05) is 0 Å². The second-order valence-electron chi connectivity index (χ2n) is 1.13. The average molecular weight is 149 g/mol. The molecule has 0 fully saturated rings. The van der Waals surface area contributed by atoms with E-state index in [0.717, 1.165) is 0 Å². The lowest BCUT2D eigenvalue weighted by Gasteiger charge is -1.82. The summed E-state index contributed by atoms with van der Waals surface area (Å²) < 4.78 is 0. The van der Waals surface area contributed by atoms with Crippen LogP contribution in [0.3, 0.4) is 0 Å². The van der Waals surface area contributed by atoms with Gasteiger partial charge in [0.1, 0.15) is 12.1 Å². The Kier molecular flexibility index (Phi) is 6.44. The van der Waals surface area contributed by atoms with Crippen LogP contribution in [0.1, 0.15) is 0 Å². The van der Waals surface area contributed by atoms with E-state index in [1.54, 1.807) is 12.3 Å². The van der Waals surface area contributed by atoms with Crippen molar-refractivity contribution in [3.8, 4) is 0 Å². The van der Waals surface area contributed by atoms with Gasteiger partial charge in [-0.15, -0.1) is 12.4 Å². The highest BCUT2D eigenvalue weighted by Crippen LogP contribution is 1.85. The fourth-order valence-electron chi connectivity index (χ4n) is 0.301. The second kappa shape index (κ2) is 5.27. The lowest BCUT2D eigenvalue weighted by Crippen LogP contribution is -1.87. The van der Waals surface area contributed by atoms with E-state index in [2.05, 4.69) is 9.97 Å². The van der Waals surface area contributed by atoms with E-state index in [9.17, 15) is 0 Å². The van der Waals surface area contributed by atoms with Gasteiger partial charge in [0.2, 0.25) is 0 Å². The van der Waals surface area contributed by atoms with Crippen LogP contribution in [0.5, 0.6) is 0 Å². The zero-order chi connectivity index (χ0) is 5.11. The normalized spacial score (nSPS) is 6.67. The molecule has 0 aliphatic carbocycles. The quantitative estimate of drug-likeness (QED) is 0.565. The number of halogens is 1. The second-order valence-corrected chi connectivity index (χ2v) is 1.13. The number of hydrogen-bond donors (Lipinski definition) is 2. The predicted octanol–water partition coefficient (Wildman–Crippen LogP) is 0.643. The Hall–Kier alpha value is -0.870. The van der Waals surface area contributed by atoms with Gasteiger partial charge in [0, 0.05) is 6.20 Å². The van der Waals surface area contributed by atoms with Crippen LogP contribution < -0.4 is 11.9 Å². The molecule has 4 nitrogen and oxygen atoms in total. The van der Waals surface area contributed by atoms with Crippen LogP contribution in [0.15, 0.2) is 18.6 Å². The van der Waals surface area contributed by atoms with E-state index in [4.69, 9.17) is 5.73 Å². The van der Waals surface area contributed by atoms with Crippen molar-refractivity contribution in [2.24, 2.45) is 0 Å². The Morgan fingerprint density at radius 1 is 1.44 bits per heavy atom. The first-order chi connectivity index (χ1) is 3.39. The smallest absolute Gasteiger partial charge is 0.126 e. The summed E-state index contributed by atoms with van der Waals surface area (Å²) >= 11 is 0. The summed E-state index contributed by atoms with van der Waals surface area (Å²) in [6, 6.07) is 1.64. The Morgan fingerprint density at radius 3 is 2.33 bits per heavy atom. The van der Waals surface area contributed by atoms with Gasteiger partial charge in [-0.05, 0) is 6.07 Å². The fraction of sp³-hybridized carbons (Fsp3) is 0. The molecule has 1 aromatic heterocycles. The third-order valence-corrected chi connectivity index (χ3v) is 0.605. The largest absolute Gasteiger partial charge is 0.384 e. The van der Waals surface area contributed by atoms with Gasteiger partial charge in [-0.2, -0.15) is 0 Å². The summed E-state index contributed by atoms with van der Waals surface area (Å²) in [5.74, 6) is 0.509. The molecule has 1 rings (SSSR count). The molecule has 0 atom stereocenters. The zero-order valence-corrected chi connectivity index (χ0v) is 5.64. The highest BCUT2D eigenvalue weighted by molar-refractivity contribution is 5.85. The van der Waals surface area contributed by atoms with Crippen LogP contribution in [0.2, 0.25) is 0 Å². The zero-order valence-electron chi connectivity index (χ0n) is 4.82. The van der Waals surface area contributed by atoms with E-state index < -0.39 is 0 Å². The minimum Gasteiger partial charge on any atom is -0.384 e. The van der Waals surface area contributed by atoms with Gasteiger partial charge in [0.15, 0.2) is 0 Å². The van der Waals surface area contributed by atoms with Crippen molar-refractivity contribution < 1.29 is 0 Å². The van der Waals surface area contributed by atoms with Gasteiger partial charge < -0.3 is 11.9 Å². The predicted molar refractivity (Wildman–Crippen MR) is 38.7 cm³/mol. The van der Waals surface area contributed by atoms with Crippen molar-refractivity contribution in [3.05, 3.63) is 18.6 Å². The van der Waals surface area contributed by atoms with E-state index >= 15 is 0 Å². The summed E-state index contributed by atoms with van der Waals surface area (Å²) in [6.45, 7) is 0. The maximum absolute atomic E-state index is 5.21. The Labute approximate surface area is 59.5 Å². The van der Waals surface area contributed by atoms with Crippen molar-refractivity contribution in [1.29, 1.82) is 0 Å². The molecule has 0 bridgehead atoms. The van der Waals surface area contributed by atoms with Crippen LogP contribution in [0.4, 0.5) is 5.82 Å². The van der Waals surface area contributed by atoms with Crippen LogP contribution in [-0.4, -0.2) is 9.97 Å². The molecular formula is C4H9ClN4. The van der Waals surface area contributed by atoms with E-state index in [-0.39, 0.29) is 18.6 Å². The summed E-state index contributed by atoms with van der Waals surface area (Å²) in [5, 5.41) is 0. The third-order valence-electron chi connectivity index (χ3n) is 0.605. The Morgan fingerprint density at radius 2 is 2.11 bits per heavy atom. The van der Waals surface area contributed by atoms with Crippen molar-refractivity contribution in [3.63, 3.8) is 0 Å². The van der Waals surface area contributed by atoms with E-state index in [1.165, 1.54) is 6.33 Å². The van der Waals surface area contributed by atoms with Crippen LogP contribution >= 0.6 is 12.4 Å². The molecule has 0 unspecified atom stereocenters. The minimum absolute atomic E-state index is 0. The van der Waals surface area contributed by atoms with Crippen molar-refractivity contribution in [2.75, 3.05) is 5.73 Å². The standard InChI is InChI=1S/C4H5N3.ClH.H3N/c5-4-1-2-6-3-7-4;;/h1-3H,(H2,5,6,7);1H;1H3. The number of hydrogen-bond acceptors (Lipinski definition) is 4. The van der Waals surface area contributed by atoms with Gasteiger partial charge in [-0.3, -0.25) is 0 Å². The highest BCUT2D eigenvalue weighted by atomic mass is 35.5. The summed E-state index contributed by atoms with van der Waals surface area (Å²) in [7, 11) is 0. The molecule has 0 amide bonds. The number of aromatic nitrogens is 2. The first-order valence-electron chi connectivity index (χ1n) is 1.91. The number of nitrogens with zero attached hydrogens (tertiary/aromatic N) is 2. The lowest BCUT2D eigenvalue weighted by atomic mass is 10.6. The van der Waals surface area contributed by atoms with Gasteiger partial charge in [0.25, 0.3) is 0 Å². The topological polar surface area (TPSA) is 86.8 Å². The SMILES string of the molecule is Cl.N.Nc1ccncn1. The van der Waals surface area contributed by atoms with Gasteiger partial charge in [0.05, 0.1) is 0 Å². The van der Waals surface area contributed by atoms with Gasteiger partial charge >= 0.3 is 0 Å². The van der Waals surface area contributed by atoms with Crippen molar-refractivity contribution in [1.82, 2.24) is 16.1 Å². The number of nitrogen functional groups attached to an aromatic ring is 1. The first-order valence-corrected chi connectivity index (χ1v) is 1.91. The van der Waals surface area contributed by atoms with Crippen LogP contribution in [-0.2, 0) is 0 Å². The average Bonchev–Trinajstić information content (AvgIpc) is 1.69. The third kappa shape index (κ3) is 3.69. The highest BCUT2D eigenvalue weighted by Gasteiger charge is 1.74. The number of anilines is 1. The molecule has 0 spiro atoms. The number of rotatable bonds is 0. The molecule has 0 saturated heterocycles. The summed E-state index contributed by atoms with van der Waals surface area (Å²) in [6.07, 6.45) is 3.01. The maximum atomic E-state index is 5.21. The number of nitrogens with two attached hydrogens (primary N) is 1. The van der Waals surface area contributed by atoms with Crippen molar-refractivity contribution in [2.45, 2.75) is 0 Å². The molecule has 0 aromatic carbocycles. The van der Waals surface area contributed by atoms with Gasteiger partial charge in [-0.25, -0.2) is 9.97 Å². The van der Waals surface area contributed by atoms with Crippen molar-refractivity contribution >= 4 is 18.2 Å². The first kappa shape index (κ1) is 11.0. The minimum atomic E-state index is 0. The lowest BCUT2D eigenvalue weighted by molar-refractivity contribution is 1.18. The van der Waals surface area contributed by atoms with Crippen LogP contribution in [0.25, 0.3) is 0 Å². The molecule has 0 aliphatic heterocycles. The monoisotopic (exact) mass is 148 g/mol. The Balaban J connectivity index is 0. The molecule has 1 heterocycles. The van der Waals surface area contributed by atoms with Crippen LogP contribution in [0, 0.1) is 0 Å². The molecule has 0 saturated carbocycles. The van der Waals surface area contributed by atoms with E-state index in [0.29, 0.717) is 5.82 Å². The summed E-state index contributed by atoms with van der Waals surface area (Å²) in [4.78, 5) is 7.30. The molecule has 5 heteroatoms. The molecule has 52 valence electrons. The molecule has 9 heavy (non-hydrogen) atoms. The maximum Gasteiger partial charge on any atom is 0.126 e. The molecule has 1 aromatic rings. The van der Waals surface area contributed by atoms with E-state index in [1.807, 2.05) is 0 Å². The fourth-order valence-corrected chi connectivity index (χ4v) is 0.301. The molecule has 0 aliphatic rings. The summed E-state index contributed by atoms with van der Waals surface area (Å²) in [5.41, 5.74) is 5.21. The molecular weight excluding hydrogens is 140 g/mol. The molecule has 5 N–H and O–H groups in total. The molecule has 0 radical (unpaired) electrons.